The number of hydrogen-bond donors (Lipinski definition) is 2. The maximum absolute atomic E-state index is 13.6. The molecule has 0 aliphatic rings. The van der Waals surface area contributed by atoms with Crippen molar-refractivity contribution < 1.29 is 17.6 Å². The van der Waals surface area contributed by atoms with Crippen LogP contribution in [-0.2, 0) is 10.0 Å². The molecule has 3 aromatic heterocycles. The minimum atomic E-state index is -3.89. The number of nitrogens with one attached hydrogen (secondary N) is 2. The second-order valence-corrected chi connectivity index (χ2v) is 7.96. The fraction of sp³-hybridized carbons (Fsp3) is 0.0526. The third kappa shape index (κ3) is 3.82. The second kappa shape index (κ2) is 7.52. The Morgan fingerprint density at radius 3 is 2.47 bits per heavy atom. The monoisotopic (exact) mass is 426 g/mol. The van der Waals surface area contributed by atoms with Crippen molar-refractivity contribution in [3.05, 3.63) is 78.3 Å². The van der Waals surface area contributed by atoms with Crippen molar-refractivity contribution in [1.29, 1.82) is 0 Å². The Hall–Kier alpha value is -3.86. The number of rotatable bonds is 5. The summed E-state index contributed by atoms with van der Waals surface area (Å²) in [6.45, 7) is 1.65. The maximum Gasteiger partial charge on any atom is 0.274 e. The van der Waals surface area contributed by atoms with E-state index in [-0.39, 0.29) is 16.5 Å². The molecule has 0 saturated heterocycles. The number of halogens is 1. The third-order valence-electron chi connectivity index (χ3n) is 4.19. The van der Waals surface area contributed by atoms with Crippen LogP contribution in [0, 0.1) is 12.7 Å². The molecule has 4 rings (SSSR count). The average molecular weight is 426 g/mol. The highest BCUT2D eigenvalue weighted by Gasteiger charge is 2.19. The van der Waals surface area contributed by atoms with E-state index in [0.717, 1.165) is 0 Å². The lowest BCUT2D eigenvalue weighted by molar-refractivity contribution is 0.102. The zero-order valence-electron chi connectivity index (χ0n) is 15.6. The largest absolute Gasteiger partial charge is 0.321 e. The lowest BCUT2D eigenvalue weighted by Gasteiger charge is -2.09. The van der Waals surface area contributed by atoms with Gasteiger partial charge in [-0.05, 0) is 49.4 Å². The fourth-order valence-corrected chi connectivity index (χ4v) is 3.81. The number of benzene rings is 1. The normalized spacial score (nSPS) is 11.4. The van der Waals surface area contributed by atoms with E-state index in [0.29, 0.717) is 17.0 Å². The highest BCUT2D eigenvalue weighted by Crippen LogP contribution is 2.19. The average Bonchev–Trinajstić information content (AvgIpc) is 3.04. The molecule has 0 unspecified atom stereocenters. The smallest absolute Gasteiger partial charge is 0.274 e. The third-order valence-corrected chi connectivity index (χ3v) is 5.53. The fourth-order valence-electron chi connectivity index (χ4n) is 2.85. The predicted molar refractivity (Wildman–Crippen MR) is 107 cm³/mol. The van der Waals surface area contributed by atoms with Gasteiger partial charge >= 0.3 is 0 Å². The molecular weight excluding hydrogens is 411 g/mol. The first-order chi connectivity index (χ1) is 14.3. The minimum Gasteiger partial charge on any atom is -0.321 e. The summed E-state index contributed by atoms with van der Waals surface area (Å²) in [7, 11) is -3.89. The first-order valence-electron chi connectivity index (χ1n) is 8.69. The van der Waals surface area contributed by atoms with Crippen LogP contribution < -0.4 is 10.0 Å². The topological polar surface area (TPSA) is 118 Å². The number of pyridine rings is 1. The molecule has 3 heterocycles. The minimum absolute atomic E-state index is 0.0268. The van der Waals surface area contributed by atoms with Gasteiger partial charge in [0.2, 0.25) is 5.95 Å². The van der Waals surface area contributed by atoms with E-state index in [1.807, 2.05) is 0 Å². The zero-order chi connectivity index (χ0) is 21.3. The number of aryl methyl sites for hydroxylation is 1. The van der Waals surface area contributed by atoms with Gasteiger partial charge in [0.05, 0.1) is 10.6 Å². The Kier molecular flexibility index (Phi) is 4.88. The molecule has 0 bridgehead atoms. The number of sulfonamides is 1. The number of amides is 1. The maximum atomic E-state index is 13.6. The molecule has 11 heteroatoms. The van der Waals surface area contributed by atoms with Gasteiger partial charge < -0.3 is 5.32 Å². The Labute approximate surface area is 170 Å². The van der Waals surface area contributed by atoms with E-state index in [1.54, 1.807) is 13.0 Å². The number of hydrogen-bond acceptors (Lipinski definition) is 6. The van der Waals surface area contributed by atoms with Crippen LogP contribution in [0.3, 0.4) is 0 Å². The summed E-state index contributed by atoms with van der Waals surface area (Å²) in [4.78, 5) is 24.6. The van der Waals surface area contributed by atoms with Crippen LogP contribution in [0.5, 0.6) is 0 Å². The summed E-state index contributed by atoms with van der Waals surface area (Å²) in [5.74, 6) is -1.05. The van der Waals surface area contributed by atoms with Gasteiger partial charge in [0.15, 0.2) is 0 Å². The molecular formula is C19H15FN6O3S. The van der Waals surface area contributed by atoms with E-state index < -0.39 is 21.7 Å². The van der Waals surface area contributed by atoms with Crippen molar-refractivity contribution >= 4 is 33.2 Å². The molecule has 1 amide bonds. The van der Waals surface area contributed by atoms with Crippen molar-refractivity contribution in [2.45, 2.75) is 11.8 Å². The quantitative estimate of drug-likeness (QED) is 0.506. The molecule has 0 atom stereocenters. The van der Waals surface area contributed by atoms with Gasteiger partial charge in [-0.1, -0.05) is 0 Å². The summed E-state index contributed by atoms with van der Waals surface area (Å²) in [5.41, 5.74) is 1.42. The molecule has 0 saturated carbocycles. The Morgan fingerprint density at radius 2 is 1.77 bits per heavy atom. The van der Waals surface area contributed by atoms with E-state index in [9.17, 15) is 17.6 Å². The molecule has 4 aromatic rings. The number of fused-ring (bicyclic) bond motifs is 1. The Bertz CT molecular complexity index is 1340. The zero-order valence-corrected chi connectivity index (χ0v) is 16.4. The van der Waals surface area contributed by atoms with Gasteiger partial charge in [-0.3, -0.25) is 9.20 Å². The summed E-state index contributed by atoms with van der Waals surface area (Å²) in [5, 5.41) is 2.66. The number of carbonyl (C=O) groups excluding carboxylic acids is 1. The van der Waals surface area contributed by atoms with Gasteiger partial charge in [0.1, 0.15) is 17.2 Å². The molecule has 152 valence electrons. The molecule has 0 aliphatic carbocycles. The summed E-state index contributed by atoms with van der Waals surface area (Å²) < 4.78 is 42.0. The van der Waals surface area contributed by atoms with E-state index in [4.69, 9.17) is 0 Å². The van der Waals surface area contributed by atoms with Crippen molar-refractivity contribution in [3.8, 4) is 0 Å². The van der Waals surface area contributed by atoms with Gasteiger partial charge in [-0.2, -0.15) is 0 Å². The van der Waals surface area contributed by atoms with Crippen molar-refractivity contribution in [3.63, 3.8) is 0 Å². The molecule has 0 aliphatic heterocycles. The van der Waals surface area contributed by atoms with E-state index in [2.05, 4.69) is 25.0 Å². The Balaban J connectivity index is 1.55. The van der Waals surface area contributed by atoms with Crippen LogP contribution in [-0.4, -0.2) is 33.7 Å². The molecule has 30 heavy (non-hydrogen) atoms. The van der Waals surface area contributed by atoms with Crippen molar-refractivity contribution in [2.24, 2.45) is 0 Å². The van der Waals surface area contributed by atoms with Crippen LogP contribution in [0.1, 0.15) is 16.2 Å². The number of aromatic nitrogens is 4. The van der Waals surface area contributed by atoms with Crippen LogP contribution >= 0.6 is 0 Å². The van der Waals surface area contributed by atoms with Crippen LogP contribution in [0.4, 0.5) is 16.0 Å². The molecule has 0 spiro atoms. The summed E-state index contributed by atoms with van der Waals surface area (Å²) in [6, 6.07) is 9.85. The second-order valence-electron chi connectivity index (χ2n) is 6.28. The summed E-state index contributed by atoms with van der Waals surface area (Å²) >= 11 is 0. The van der Waals surface area contributed by atoms with Gasteiger partial charge in [0.25, 0.3) is 15.9 Å². The first kappa shape index (κ1) is 19.5. The van der Waals surface area contributed by atoms with Crippen molar-refractivity contribution in [2.75, 3.05) is 10.0 Å². The first-order valence-corrected chi connectivity index (χ1v) is 10.2. The van der Waals surface area contributed by atoms with Gasteiger partial charge in [-0.15, -0.1) is 0 Å². The molecule has 1 aromatic carbocycles. The number of nitrogens with zero attached hydrogens (tertiary/aromatic N) is 4. The number of carbonyl (C=O) groups is 1. The molecule has 9 nitrogen and oxygen atoms in total. The summed E-state index contributed by atoms with van der Waals surface area (Å²) in [6.07, 6.45) is 4.01. The van der Waals surface area contributed by atoms with Crippen LogP contribution in [0.25, 0.3) is 5.65 Å². The lowest BCUT2D eigenvalue weighted by Crippen LogP contribution is -2.17. The highest BCUT2D eigenvalue weighted by molar-refractivity contribution is 7.92. The van der Waals surface area contributed by atoms with Crippen molar-refractivity contribution in [1.82, 2.24) is 19.4 Å². The highest BCUT2D eigenvalue weighted by atomic mass is 32.2. The van der Waals surface area contributed by atoms with Crippen LogP contribution in [0.15, 0.2) is 66.0 Å². The predicted octanol–water partition coefficient (Wildman–Crippen LogP) is 2.62. The Morgan fingerprint density at radius 1 is 1.07 bits per heavy atom. The SMILES string of the molecule is Cc1nc2ccc(F)cn2c1C(=O)Nc1ccc(S(=O)(=O)Nc2ncccn2)cc1. The molecule has 0 radical (unpaired) electrons. The van der Waals surface area contributed by atoms with E-state index >= 15 is 0 Å². The number of anilines is 2. The van der Waals surface area contributed by atoms with E-state index in [1.165, 1.54) is 59.4 Å². The molecule has 0 fully saturated rings. The standard InChI is InChI=1S/C19H15FN6O3S/c1-12-17(26-11-13(20)3-8-16(26)23-12)18(27)24-14-4-6-15(7-5-14)30(28,29)25-19-21-9-2-10-22-19/h2-11H,1H3,(H,24,27)(H,21,22,25). The lowest BCUT2D eigenvalue weighted by atomic mass is 10.3. The number of imidazole rings is 1. The van der Waals surface area contributed by atoms with Gasteiger partial charge in [0, 0.05) is 24.3 Å². The molecule has 2 N–H and O–H groups in total. The van der Waals surface area contributed by atoms with Crippen LogP contribution in [0.2, 0.25) is 0 Å². The van der Waals surface area contributed by atoms with Gasteiger partial charge in [-0.25, -0.2) is 32.5 Å².